The second-order valence-corrected chi connectivity index (χ2v) is 6.96. The van der Waals surface area contributed by atoms with Crippen molar-refractivity contribution in [1.29, 1.82) is 0 Å². The Labute approximate surface area is 168 Å². The Hall–Kier alpha value is -3.07. The standard InChI is InChI=1S/C19H15ClF3N3O3/c1-18(11-5-3-2-4-6-11)16(28)26(17(29)25-18)10-15(27)24-14-9-12(19(21,22)23)7-8-13(14)20/h2-9H,10H2,1H3,(H,24,27)(H,25,29). The fraction of sp³-hybridized carbons (Fsp3) is 0.211. The first-order chi connectivity index (χ1) is 13.5. The first kappa shape index (κ1) is 20.7. The number of hydrogen-bond acceptors (Lipinski definition) is 3. The molecule has 2 N–H and O–H groups in total. The summed E-state index contributed by atoms with van der Waals surface area (Å²) in [5.41, 5.74) is -2.10. The number of nitrogens with one attached hydrogen (secondary N) is 2. The van der Waals surface area contributed by atoms with Crippen LogP contribution in [0.4, 0.5) is 23.7 Å². The smallest absolute Gasteiger partial charge is 0.323 e. The molecule has 2 aromatic rings. The molecule has 10 heteroatoms. The molecule has 2 aromatic carbocycles. The third-order valence-corrected chi connectivity index (χ3v) is 4.83. The van der Waals surface area contributed by atoms with Gasteiger partial charge in [0, 0.05) is 0 Å². The van der Waals surface area contributed by atoms with E-state index in [4.69, 9.17) is 11.6 Å². The third kappa shape index (κ3) is 4.04. The van der Waals surface area contributed by atoms with Gasteiger partial charge in [-0.3, -0.25) is 14.5 Å². The number of urea groups is 1. The number of alkyl halides is 3. The summed E-state index contributed by atoms with van der Waals surface area (Å²) in [7, 11) is 0. The highest BCUT2D eigenvalue weighted by atomic mass is 35.5. The Morgan fingerprint density at radius 3 is 2.45 bits per heavy atom. The summed E-state index contributed by atoms with van der Waals surface area (Å²) in [5, 5.41) is 4.64. The fourth-order valence-corrected chi connectivity index (χ4v) is 3.10. The van der Waals surface area contributed by atoms with E-state index >= 15 is 0 Å². The topological polar surface area (TPSA) is 78.5 Å². The highest BCUT2D eigenvalue weighted by Gasteiger charge is 2.49. The Morgan fingerprint density at radius 2 is 1.83 bits per heavy atom. The lowest BCUT2D eigenvalue weighted by molar-refractivity contribution is -0.137. The number of carbonyl (C=O) groups excluding carboxylic acids is 3. The van der Waals surface area contributed by atoms with Crippen LogP contribution in [0.25, 0.3) is 0 Å². The van der Waals surface area contributed by atoms with E-state index < -0.39 is 41.7 Å². The highest BCUT2D eigenvalue weighted by molar-refractivity contribution is 6.33. The van der Waals surface area contributed by atoms with Gasteiger partial charge in [0.15, 0.2) is 0 Å². The van der Waals surface area contributed by atoms with Gasteiger partial charge in [-0.25, -0.2) is 4.79 Å². The molecule has 1 aliphatic heterocycles. The predicted molar refractivity (Wildman–Crippen MR) is 99.1 cm³/mol. The average molecular weight is 426 g/mol. The first-order valence-electron chi connectivity index (χ1n) is 8.38. The average Bonchev–Trinajstić information content (AvgIpc) is 2.87. The van der Waals surface area contributed by atoms with Gasteiger partial charge in [0.25, 0.3) is 5.91 Å². The van der Waals surface area contributed by atoms with E-state index in [0.29, 0.717) is 16.5 Å². The minimum Gasteiger partial charge on any atom is -0.323 e. The van der Waals surface area contributed by atoms with Gasteiger partial charge >= 0.3 is 12.2 Å². The summed E-state index contributed by atoms with van der Waals surface area (Å²) in [6, 6.07) is 10.1. The molecule has 4 amide bonds. The Bertz CT molecular complexity index is 982. The van der Waals surface area contributed by atoms with Crippen LogP contribution in [0.3, 0.4) is 0 Å². The molecule has 29 heavy (non-hydrogen) atoms. The van der Waals surface area contributed by atoms with Crippen molar-refractivity contribution >= 4 is 35.1 Å². The van der Waals surface area contributed by atoms with Gasteiger partial charge in [-0.2, -0.15) is 13.2 Å². The van der Waals surface area contributed by atoms with E-state index in [2.05, 4.69) is 10.6 Å². The van der Waals surface area contributed by atoms with Crippen molar-refractivity contribution in [3.63, 3.8) is 0 Å². The van der Waals surface area contributed by atoms with Gasteiger partial charge < -0.3 is 10.6 Å². The van der Waals surface area contributed by atoms with Crippen LogP contribution in [-0.2, 0) is 21.3 Å². The number of hydrogen-bond donors (Lipinski definition) is 2. The molecule has 6 nitrogen and oxygen atoms in total. The van der Waals surface area contributed by atoms with E-state index in [1.54, 1.807) is 30.3 Å². The van der Waals surface area contributed by atoms with Gasteiger partial charge in [0.2, 0.25) is 5.91 Å². The van der Waals surface area contributed by atoms with Crippen LogP contribution in [0.2, 0.25) is 5.02 Å². The number of halogens is 4. The van der Waals surface area contributed by atoms with Gasteiger partial charge in [-0.15, -0.1) is 0 Å². The van der Waals surface area contributed by atoms with Crippen LogP contribution in [0, 0.1) is 0 Å². The Balaban J connectivity index is 1.76. The maximum atomic E-state index is 12.9. The molecule has 0 spiro atoms. The van der Waals surface area contributed by atoms with Crippen LogP contribution < -0.4 is 10.6 Å². The van der Waals surface area contributed by atoms with Gasteiger partial charge in [0.1, 0.15) is 12.1 Å². The summed E-state index contributed by atoms with van der Waals surface area (Å²) in [5.74, 6) is -1.52. The molecular formula is C19H15ClF3N3O3. The molecular weight excluding hydrogens is 411 g/mol. The number of carbonyl (C=O) groups is 3. The summed E-state index contributed by atoms with van der Waals surface area (Å²) >= 11 is 5.85. The Kier molecular flexibility index (Phi) is 5.27. The molecule has 0 aliphatic carbocycles. The zero-order valence-electron chi connectivity index (χ0n) is 15.0. The molecule has 0 radical (unpaired) electrons. The molecule has 1 heterocycles. The number of amides is 4. The van der Waals surface area contributed by atoms with E-state index in [1.807, 2.05) is 0 Å². The van der Waals surface area contributed by atoms with E-state index in [1.165, 1.54) is 6.92 Å². The second kappa shape index (κ2) is 7.40. The molecule has 0 bridgehead atoms. The lowest BCUT2D eigenvalue weighted by Gasteiger charge is -2.22. The van der Waals surface area contributed by atoms with Crippen LogP contribution in [0.5, 0.6) is 0 Å². The van der Waals surface area contributed by atoms with Crippen LogP contribution >= 0.6 is 11.6 Å². The number of rotatable bonds is 4. The van der Waals surface area contributed by atoms with Crippen molar-refractivity contribution in [1.82, 2.24) is 10.2 Å². The Morgan fingerprint density at radius 1 is 1.17 bits per heavy atom. The maximum Gasteiger partial charge on any atom is 0.416 e. The highest BCUT2D eigenvalue weighted by Crippen LogP contribution is 2.34. The van der Waals surface area contributed by atoms with E-state index in [-0.39, 0.29) is 10.7 Å². The molecule has 1 atom stereocenters. The molecule has 0 saturated carbocycles. The molecule has 1 fully saturated rings. The van der Waals surface area contributed by atoms with Gasteiger partial charge in [-0.05, 0) is 30.7 Å². The molecule has 152 valence electrons. The quantitative estimate of drug-likeness (QED) is 0.732. The predicted octanol–water partition coefficient (Wildman–Crippen LogP) is 3.76. The van der Waals surface area contributed by atoms with E-state index in [0.717, 1.165) is 12.1 Å². The van der Waals surface area contributed by atoms with Crippen molar-refractivity contribution in [2.24, 2.45) is 0 Å². The molecule has 3 rings (SSSR count). The van der Waals surface area contributed by atoms with Crippen LogP contribution in [-0.4, -0.2) is 29.3 Å². The SMILES string of the molecule is CC1(c2ccccc2)NC(=O)N(CC(=O)Nc2cc(C(F)(F)F)ccc2Cl)C1=O. The van der Waals surface area contributed by atoms with Crippen molar-refractivity contribution in [3.8, 4) is 0 Å². The lowest BCUT2D eigenvalue weighted by atomic mass is 9.92. The number of benzene rings is 2. The fourth-order valence-electron chi connectivity index (χ4n) is 2.94. The maximum absolute atomic E-state index is 12.9. The minimum atomic E-state index is -4.62. The zero-order valence-corrected chi connectivity index (χ0v) is 15.8. The molecule has 1 unspecified atom stereocenters. The van der Waals surface area contributed by atoms with Gasteiger partial charge in [0.05, 0.1) is 16.3 Å². The molecule has 1 aliphatic rings. The normalized spacial score (nSPS) is 19.3. The number of anilines is 1. The first-order valence-corrected chi connectivity index (χ1v) is 8.76. The number of imide groups is 1. The monoisotopic (exact) mass is 425 g/mol. The van der Waals surface area contributed by atoms with E-state index in [9.17, 15) is 27.6 Å². The molecule has 1 saturated heterocycles. The number of nitrogens with zero attached hydrogens (tertiary/aromatic N) is 1. The summed E-state index contributed by atoms with van der Waals surface area (Å²) in [6.07, 6.45) is -4.62. The second-order valence-electron chi connectivity index (χ2n) is 6.55. The summed E-state index contributed by atoms with van der Waals surface area (Å²) < 4.78 is 38.6. The van der Waals surface area contributed by atoms with Crippen LogP contribution in [0.1, 0.15) is 18.1 Å². The van der Waals surface area contributed by atoms with Crippen LogP contribution in [0.15, 0.2) is 48.5 Å². The van der Waals surface area contributed by atoms with Crippen molar-refractivity contribution in [2.75, 3.05) is 11.9 Å². The summed E-state index contributed by atoms with van der Waals surface area (Å²) in [4.78, 5) is 38.0. The van der Waals surface area contributed by atoms with Crippen molar-refractivity contribution in [2.45, 2.75) is 18.6 Å². The summed E-state index contributed by atoms with van der Waals surface area (Å²) in [6.45, 7) is 0.823. The zero-order chi connectivity index (χ0) is 21.4. The van der Waals surface area contributed by atoms with Crippen molar-refractivity contribution < 1.29 is 27.6 Å². The third-order valence-electron chi connectivity index (χ3n) is 4.50. The van der Waals surface area contributed by atoms with Crippen molar-refractivity contribution in [3.05, 3.63) is 64.7 Å². The lowest BCUT2D eigenvalue weighted by Crippen LogP contribution is -2.42. The minimum absolute atomic E-state index is 0.113. The van der Waals surface area contributed by atoms with Gasteiger partial charge in [-0.1, -0.05) is 41.9 Å². The largest absolute Gasteiger partial charge is 0.416 e. The molecule has 0 aromatic heterocycles.